The van der Waals surface area contributed by atoms with Crippen LogP contribution in [0.1, 0.15) is 56.6 Å². The summed E-state index contributed by atoms with van der Waals surface area (Å²) in [5.74, 6) is -0.214. The number of carbonyl (C=O) groups is 1. The van der Waals surface area contributed by atoms with E-state index in [0.717, 1.165) is 32.5 Å². The normalized spacial score (nSPS) is 15.8. The fraction of sp³-hybridized carbons (Fsp3) is 0.250. The van der Waals surface area contributed by atoms with Crippen LogP contribution in [0.15, 0.2) is 66.2 Å². The lowest BCUT2D eigenvalue weighted by Gasteiger charge is -2.30. The molecular weight excluding hydrogens is 414 g/mol. The molecule has 4 heteroatoms. The minimum atomic E-state index is -0.214. The van der Waals surface area contributed by atoms with Crippen molar-refractivity contribution in [2.75, 3.05) is 19.7 Å². The van der Waals surface area contributed by atoms with E-state index in [0.29, 0.717) is 11.5 Å². The second-order valence-electron chi connectivity index (χ2n) is 8.25. The predicted octanol–water partition coefficient (Wildman–Crippen LogP) is 6.51. The second kappa shape index (κ2) is 9.27. The van der Waals surface area contributed by atoms with Gasteiger partial charge in [-0.1, -0.05) is 66.3 Å². The molecule has 162 valence electrons. The zero-order valence-corrected chi connectivity index (χ0v) is 19.2. The van der Waals surface area contributed by atoms with Gasteiger partial charge in [-0.3, -0.25) is 4.90 Å². The zero-order chi connectivity index (χ0) is 21.9. The van der Waals surface area contributed by atoms with Gasteiger partial charge < -0.3 is 4.74 Å². The van der Waals surface area contributed by atoms with Crippen molar-refractivity contribution in [2.24, 2.45) is 0 Å². The van der Waals surface area contributed by atoms with E-state index in [2.05, 4.69) is 71.6 Å². The molecule has 1 aliphatic carbocycles. The van der Waals surface area contributed by atoms with Gasteiger partial charge in [0.25, 0.3) is 0 Å². The van der Waals surface area contributed by atoms with Crippen molar-refractivity contribution in [1.29, 1.82) is 0 Å². The summed E-state index contributed by atoms with van der Waals surface area (Å²) in [5, 5.41) is 0. The second-order valence-corrected chi connectivity index (χ2v) is 9.42. The Kier molecular flexibility index (Phi) is 6.06. The van der Waals surface area contributed by atoms with Crippen molar-refractivity contribution >= 4 is 35.0 Å². The molecule has 0 radical (unpaired) electrons. The number of hydrogen-bond acceptors (Lipinski definition) is 4. The molecule has 0 unspecified atom stereocenters. The average molecular weight is 442 g/mol. The van der Waals surface area contributed by atoms with Crippen molar-refractivity contribution in [1.82, 2.24) is 4.90 Å². The van der Waals surface area contributed by atoms with Gasteiger partial charge in [0.2, 0.25) is 0 Å². The molecule has 0 N–H and O–H groups in total. The molecule has 0 spiro atoms. The highest BCUT2D eigenvalue weighted by Gasteiger charge is 2.23. The number of thiophene rings is 1. The van der Waals surface area contributed by atoms with Gasteiger partial charge in [-0.15, -0.1) is 11.3 Å². The summed E-state index contributed by atoms with van der Waals surface area (Å²) in [6, 6.07) is 21.4. The smallest absolute Gasteiger partial charge is 0.348 e. The number of nitrogens with zero attached hydrogens (tertiary/aromatic N) is 1. The maximum atomic E-state index is 12.0. The van der Waals surface area contributed by atoms with Gasteiger partial charge in [-0.05, 0) is 59.7 Å². The number of piperidine rings is 1. The van der Waals surface area contributed by atoms with Crippen LogP contribution in [0.5, 0.6) is 0 Å². The molecule has 1 fully saturated rings. The van der Waals surface area contributed by atoms with Crippen molar-refractivity contribution in [3.05, 3.63) is 98.2 Å². The molecule has 2 aromatic carbocycles. The van der Waals surface area contributed by atoms with Gasteiger partial charge in [0, 0.05) is 24.5 Å². The fourth-order valence-electron chi connectivity index (χ4n) is 4.67. The van der Waals surface area contributed by atoms with E-state index >= 15 is 0 Å². The number of rotatable bonds is 4. The highest BCUT2D eigenvalue weighted by Crippen LogP contribution is 2.38. The van der Waals surface area contributed by atoms with Crippen molar-refractivity contribution in [2.45, 2.75) is 26.3 Å². The van der Waals surface area contributed by atoms with Gasteiger partial charge in [0.05, 0.1) is 6.61 Å². The van der Waals surface area contributed by atoms with Gasteiger partial charge >= 0.3 is 5.97 Å². The van der Waals surface area contributed by atoms with Crippen LogP contribution >= 0.6 is 11.3 Å². The van der Waals surface area contributed by atoms with E-state index in [1.165, 1.54) is 32.7 Å². The average Bonchev–Trinajstić information content (AvgIpc) is 3.22. The van der Waals surface area contributed by atoms with Crippen LogP contribution in [0.2, 0.25) is 0 Å². The SMILES string of the molecule is CCOC(=O)c1ccc(CN2CCC(=C3c4ccccc4C=Cc4ccccc43)CC2)s1. The largest absolute Gasteiger partial charge is 0.462 e. The standard InChI is InChI=1S/C28H27NO2S/c1-2-31-28(30)26-14-13-23(32-26)19-29-17-15-22(16-18-29)27-24-9-5-3-7-20(24)11-12-21-8-4-6-10-25(21)27/h3-14H,2,15-19H2,1H3. The number of benzene rings is 2. The van der Waals surface area contributed by atoms with E-state index < -0.39 is 0 Å². The Balaban J connectivity index is 1.37. The molecule has 3 aromatic rings. The van der Waals surface area contributed by atoms with Crippen molar-refractivity contribution < 1.29 is 9.53 Å². The Morgan fingerprint density at radius 2 is 1.53 bits per heavy atom. The highest BCUT2D eigenvalue weighted by atomic mass is 32.1. The summed E-state index contributed by atoms with van der Waals surface area (Å²) >= 11 is 1.55. The number of likely N-dealkylation sites (tertiary alicyclic amines) is 1. The van der Waals surface area contributed by atoms with Crippen LogP contribution in [0.25, 0.3) is 17.7 Å². The van der Waals surface area contributed by atoms with Crippen LogP contribution in [0.4, 0.5) is 0 Å². The number of ether oxygens (including phenoxy) is 1. The van der Waals surface area contributed by atoms with E-state index in [-0.39, 0.29) is 5.97 Å². The first-order valence-electron chi connectivity index (χ1n) is 11.3. The first-order valence-corrected chi connectivity index (χ1v) is 12.1. The molecule has 0 atom stereocenters. The molecule has 0 amide bonds. The number of fused-ring (bicyclic) bond motifs is 2. The lowest BCUT2D eigenvalue weighted by Crippen LogP contribution is -2.30. The molecule has 5 rings (SSSR count). The molecule has 2 heterocycles. The van der Waals surface area contributed by atoms with Crippen LogP contribution in [0.3, 0.4) is 0 Å². The molecule has 32 heavy (non-hydrogen) atoms. The topological polar surface area (TPSA) is 29.5 Å². The maximum absolute atomic E-state index is 12.0. The first kappa shape index (κ1) is 20.9. The molecule has 1 saturated heterocycles. The van der Waals surface area contributed by atoms with Crippen LogP contribution in [-0.4, -0.2) is 30.6 Å². The summed E-state index contributed by atoms with van der Waals surface area (Å²) in [6.07, 6.45) is 6.62. The molecular formula is C28H27NO2S. The number of esters is 1. The Morgan fingerprint density at radius 1 is 0.906 bits per heavy atom. The van der Waals surface area contributed by atoms with Crippen molar-refractivity contribution in [3.8, 4) is 0 Å². The van der Waals surface area contributed by atoms with Crippen LogP contribution in [0, 0.1) is 0 Å². The van der Waals surface area contributed by atoms with Gasteiger partial charge in [0.1, 0.15) is 4.88 Å². The summed E-state index contributed by atoms with van der Waals surface area (Å²) in [6.45, 7) is 5.21. The Hall–Kier alpha value is -2.95. The first-order chi connectivity index (χ1) is 15.7. The lowest BCUT2D eigenvalue weighted by atomic mass is 9.86. The van der Waals surface area contributed by atoms with Crippen LogP contribution in [-0.2, 0) is 11.3 Å². The molecule has 0 bridgehead atoms. The van der Waals surface area contributed by atoms with Crippen LogP contribution < -0.4 is 0 Å². The quantitative estimate of drug-likeness (QED) is 0.338. The molecule has 3 nitrogen and oxygen atoms in total. The summed E-state index contributed by atoms with van der Waals surface area (Å²) < 4.78 is 5.13. The predicted molar refractivity (Wildman–Crippen MR) is 133 cm³/mol. The lowest BCUT2D eigenvalue weighted by molar-refractivity contribution is 0.0532. The third kappa shape index (κ3) is 4.21. The third-order valence-electron chi connectivity index (χ3n) is 6.23. The molecule has 0 saturated carbocycles. The van der Waals surface area contributed by atoms with E-state index in [1.807, 2.05) is 13.0 Å². The number of carbonyl (C=O) groups excluding carboxylic acids is 1. The minimum Gasteiger partial charge on any atom is -0.462 e. The molecule has 2 aliphatic rings. The summed E-state index contributed by atoms with van der Waals surface area (Å²) in [7, 11) is 0. The van der Waals surface area contributed by atoms with E-state index in [9.17, 15) is 4.79 Å². The van der Waals surface area contributed by atoms with Gasteiger partial charge in [-0.25, -0.2) is 4.79 Å². The zero-order valence-electron chi connectivity index (χ0n) is 18.3. The monoisotopic (exact) mass is 441 g/mol. The van der Waals surface area contributed by atoms with E-state index in [4.69, 9.17) is 4.74 Å². The molecule has 1 aliphatic heterocycles. The minimum absolute atomic E-state index is 0.214. The Labute approximate surface area is 193 Å². The van der Waals surface area contributed by atoms with Gasteiger partial charge in [-0.2, -0.15) is 0 Å². The van der Waals surface area contributed by atoms with E-state index in [1.54, 1.807) is 16.9 Å². The summed E-state index contributed by atoms with van der Waals surface area (Å²) in [4.78, 5) is 16.4. The molecule has 1 aromatic heterocycles. The third-order valence-corrected chi connectivity index (χ3v) is 7.28. The summed E-state index contributed by atoms with van der Waals surface area (Å²) in [5.41, 5.74) is 8.23. The fourth-order valence-corrected chi connectivity index (χ4v) is 5.62. The Morgan fingerprint density at radius 3 is 2.16 bits per heavy atom. The van der Waals surface area contributed by atoms with Crippen molar-refractivity contribution in [3.63, 3.8) is 0 Å². The number of hydrogen-bond donors (Lipinski definition) is 0. The maximum Gasteiger partial charge on any atom is 0.348 e. The highest BCUT2D eigenvalue weighted by molar-refractivity contribution is 7.13. The van der Waals surface area contributed by atoms with Gasteiger partial charge in [0.15, 0.2) is 0 Å². The Bertz CT molecular complexity index is 1140.